The van der Waals surface area contributed by atoms with Crippen LogP contribution < -0.4 is 11.1 Å². The lowest BCUT2D eigenvalue weighted by Gasteiger charge is -2.26. The number of rotatable bonds is 6. The number of hydrogen-bond donors (Lipinski definition) is 2. The molecule has 2 atom stereocenters. The lowest BCUT2D eigenvalue weighted by atomic mass is 9.81. The fourth-order valence-electron chi connectivity index (χ4n) is 3.20. The Morgan fingerprint density at radius 3 is 2.90 bits per heavy atom. The number of halogens is 1. The van der Waals surface area contributed by atoms with E-state index in [1.165, 1.54) is 32.1 Å². The molecular formula is C17H25ClN2O. The van der Waals surface area contributed by atoms with Crippen molar-refractivity contribution in [3.63, 3.8) is 0 Å². The summed E-state index contributed by atoms with van der Waals surface area (Å²) < 4.78 is 0. The van der Waals surface area contributed by atoms with Crippen LogP contribution in [0.2, 0.25) is 5.02 Å². The zero-order valence-electron chi connectivity index (χ0n) is 12.7. The van der Waals surface area contributed by atoms with Gasteiger partial charge in [0.05, 0.1) is 0 Å². The van der Waals surface area contributed by atoms with Crippen molar-refractivity contribution in [1.29, 1.82) is 0 Å². The molecule has 2 unspecified atom stereocenters. The van der Waals surface area contributed by atoms with Gasteiger partial charge in [-0.1, -0.05) is 43.9 Å². The lowest BCUT2D eigenvalue weighted by molar-refractivity contribution is 0.100. The first kappa shape index (κ1) is 16.3. The highest BCUT2D eigenvalue weighted by molar-refractivity contribution is 6.31. The normalized spacial score (nSPS) is 22.2. The van der Waals surface area contributed by atoms with Gasteiger partial charge in [-0.2, -0.15) is 0 Å². The monoisotopic (exact) mass is 308 g/mol. The maximum absolute atomic E-state index is 11.1. The molecule has 1 aromatic carbocycles. The number of hydrogen-bond acceptors (Lipinski definition) is 2. The average molecular weight is 309 g/mol. The largest absolute Gasteiger partial charge is 0.366 e. The average Bonchev–Trinajstić information content (AvgIpc) is 2.45. The number of primary amides is 1. The Hall–Kier alpha value is -1.06. The summed E-state index contributed by atoms with van der Waals surface area (Å²) in [6.07, 6.45) is 6.76. The molecule has 0 bridgehead atoms. The molecule has 4 heteroatoms. The van der Waals surface area contributed by atoms with Crippen LogP contribution in [0, 0.1) is 11.8 Å². The third-order valence-electron chi connectivity index (χ3n) is 4.43. The first-order valence-electron chi connectivity index (χ1n) is 7.85. The summed E-state index contributed by atoms with van der Waals surface area (Å²) in [5.74, 6) is 1.32. The van der Waals surface area contributed by atoms with E-state index in [9.17, 15) is 4.79 Å². The van der Waals surface area contributed by atoms with Gasteiger partial charge in [0.2, 0.25) is 5.91 Å². The van der Waals surface area contributed by atoms with Crippen LogP contribution >= 0.6 is 11.6 Å². The van der Waals surface area contributed by atoms with E-state index in [1.54, 1.807) is 12.1 Å². The van der Waals surface area contributed by atoms with Gasteiger partial charge in [0.15, 0.2) is 0 Å². The number of nitrogens with one attached hydrogen (secondary N) is 1. The summed E-state index contributed by atoms with van der Waals surface area (Å²) in [7, 11) is 0. The van der Waals surface area contributed by atoms with E-state index < -0.39 is 5.91 Å². The van der Waals surface area contributed by atoms with Crippen LogP contribution in [-0.2, 0) is 6.54 Å². The number of benzene rings is 1. The number of amides is 1. The molecule has 21 heavy (non-hydrogen) atoms. The van der Waals surface area contributed by atoms with Gasteiger partial charge >= 0.3 is 0 Å². The van der Waals surface area contributed by atoms with Crippen LogP contribution in [0.5, 0.6) is 0 Å². The quantitative estimate of drug-likeness (QED) is 0.786. The summed E-state index contributed by atoms with van der Waals surface area (Å²) in [5, 5.41) is 4.05. The van der Waals surface area contributed by atoms with Gasteiger partial charge in [0.25, 0.3) is 0 Å². The summed E-state index contributed by atoms with van der Waals surface area (Å²) in [6.45, 7) is 4.12. The van der Waals surface area contributed by atoms with Crippen molar-refractivity contribution in [2.45, 2.75) is 45.6 Å². The van der Waals surface area contributed by atoms with Crippen molar-refractivity contribution in [2.24, 2.45) is 17.6 Å². The van der Waals surface area contributed by atoms with E-state index in [1.807, 2.05) is 6.07 Å². The van der Waals surface area contributed by atoms with Gasteiger partial charge in [0.1, 0.15) is 0 Å². The molecule has 3 N–H and O–H groups in total. The summed E-state index contributed by atoms with van der Waals surface area (Å²) in [6, 6.07) is 5.25. The number of carbonyl (C=O) groups excluding carboxylic acids is 1. The molecule has 0 saturated heterocycles. The zero-order chi connectivity index (χ0) is 15.2. The smallest absolute Gasteiger partial charge is 0.248 e. The predicted molar refractivity (Wildman–Crippen MR) is 87.4 cm³/mol. The second-order valence-corrected chi connectivity index (χ2v) is 6.68. The Labute approximate surface area is 132 Å². The van der Waals surface area contributed by atoms with Crippen molar-refractivity contribution in [2.75, 3.05) is 6.54 Å². The molecule has 1 aliphatic rings. The van der Waals surface area contributed by atoms with Gasteiger partial charge in [-0.05, 0) is 48.9 Å². The van der Waals surface area contributed by atoms with Crippen LogP contribution in [0.15, 0.2) is 18.2 Å². The van der Waals surface area contributed by atoms with Gasteiger partial charge in [-0.25, -0.2) is 0 Å². The lowest BCUT2D eigenvalue weighted by Crippen LogP contribution is -2.21. The molecule has 1 fully saturated rings. The van der Waals surface area contributed by atoms with Crippen molar-refractivity contribution in [3.05, 3.63) is 34.3 Å². The molecular weight excluding hydrogens is 284 g/mol. The maximum atomic E-state index is 11.1. The summed E-state index contributed by atoms with van der Waals surface area (Å²) in [4.78, 5) is 11.1. The fraction of sp³-hybridized carbons (Fsp3) is 0.588. The molecule has 0 aromatic heterocycles. The number of carbonyl (C=O) groups is 1. The molecule has 0 radical (unpaired) electrons. The van der Waals surface area contributed by atoms with Crippen LogP contribution in [-0.4, -0.2) is 12.5 Å². The standard InChI is InChI=1S/C17H25ClN2O/c1-12-3-2-4-13(9-12)7-8-20-11-15-6-5-14(17(19)21)10-16(15)18/h5-6,10,12-13,20H,2-4,7-9,11H2,1H3,(H2,19,21). The topological polar surface area (TPSA) is 55.1 Å². The summed E-state index contributed by atoms with van der Waals surface area (Å²) >= 11 is 6.17. The highest BCUT2D eigenvalue weighted by Crippen LogP contribution is 2.30. The first-order valence-corrected chi connectivity index (χ1v) is 8.23. The van der Waals surface area contributed by atoms with Crippen LogP contribution in [0.3, 0.4) is 0 Å². The molecule has 0 heterocycles. The van der Waals surface area contributed by atoms with E-state index in [4.69, 9.17) is 17.3 Å². The van der Waals surface area contributed by atoms with Crippen molar-refractivity contribution < 1.29 is 4.79 Å². The SMILES string of the molecule is CC1CCCC(CCNCc2ccc(C(N)=O)cc2Cl)C1. The first-order chi connectivity index (χ1) is 10.1. The predicted octanol–water partition coefficient (Wildman–Crippen LogP) is 3.74. The molecule has 116 valence electrons. The highest BCUT2D eigenvalue weighted by Gasteiger charge is 2.18. The Kier molecular flexibility index (Phi) is 6.07. The van der Waals surface area contributed by atoms with Gasteiger partial charge in [-0.3, -0.25) is 4.79 Å². The maximum Gasteiger partial charge on any atom is 0.248 e. The molecule has 3 nitrogen and oxygen atoms in total. The molecule has 1 aromatic rings. The van der Waals surface area contributed by atoms with Crippen LogP contribution in [0.1, 0.15) is 54.9 Å². The highest BCUT2D eigenvalue weighted by atomic mass is 35.5. The van der Waals surface area contributed by atoms with E-state index >= 15 is 0 Å². The van der Waals surface area contributed by atoms with E-state index in [-0.39, 0.29) is 0 Å². The van der Waals surface area contributed by atoms with Gasteiger partial charge < -0.3 is 11.1 Å². The molecule has 1 saturated carbocycles. The third kappa shape index (κ3) is 5.01. The Morgan fingerprint density at radius 1 is 1.43 bits per heavy atom. The van der Waals surface area contributed by atoms with Crippen molar-refractivity contribution in [1.82, 2.24) is 5.32 Å². The Morgan fingerprint density at radius 2 is 2.24 bits per heavy atom. The molecule has 2 rings (SSSR count). The van der Waals surface area contributed by atoms with Gasteiger partial charge in [-0.15, -0.1) is 0 Å². The van der Waals surface area contributed by atoms with Crippen LogP contribution in [0.25, 0.3) is 0 Å². The van der Waals surface area contributed by atoms with Crippen molar-refractivity contribution >= 4 is 17.5 Å². The van der Waals surface area contributed by atoms with E-state index in [0.717, 1.165) is 30.5 Å². The van der Waals surface area contributed by atoms with E-state index in [2.05, 4.69) is 12.2 Å². The second-order valence-electron chi connectivity index (χ2n) is 6.27. The van der Waals surface area contributed by atoms with Gasteiger partial charge in [0, 0.05) is 17.1 Å². The Balaban J connectivity index is 1.74. The van der Waals surface area contributed by atoms with E-state index in [0.29, 0.717) is 10.6 Å². The minimum Gasteiger partial charge on any atom is -0.366 e. The second kappa shape index (κ2) is 7.81. The molecule has 1 aliphatic carbocycles. The molecule has 0 spiro atoms. The van der Waals surface area contributed by atoms with Crippen molar-refractivity contribution in [3.8, 4) is 0 Å². The summed E-state index contributed by atoms with van der Waals surface area (Å²) in [5.41, 5.74) is 6.71. The minimum atomic E-state index is -0.442. The minimum absolute atomic E-state index is 0.442. The fourth-order valence-corrected chi connectivity index (χ4v) is 3.44. The number of nitrogens with two attached hydrogens (primary N) is 1. The van der Waals surface area contributed by atoms with Crippen LogP contribution in [0.4, 0.5) is 0 Å². The zero-order valence-corrected chi connectivity index (χ0v) is 13.5. The third-order valence-corrected chi connectivity index (χ3v) is 4.78. The Bertz CT molecular complexity index is 490. The molecule has 1 amide bonds. The molecule has 0 aliphatic heterocycles.